The molecular formula is C14H22BrClNO2+. The predicted molar refractivity (Wildman–Crippen MR) is 82.2 cm³/mol. The van der Waals surface area contributed by atoms with E-state index in [0.29, 0.717) is 11.6 Å². The predicted octanol–water partition coefficient (Wildman–Crippen LogP) is 2.78. The molecule has 108 valence electrons. The van der Waals surface area contributed by atoms with Crippen LogP contribution in [-0.2, 0) is 4.74 Å². The molecule has 0 atom stereocenters. The molecule has 0 aromatic heterocycles. The molecule has 0 fully saturated rings. The number of unbranched alkanes of at least 4 members (excludes halogenated alkanes) is 1. The third kappa shape index (κ3) is 6.61. The Labute approximate surface area is 128 Å². The van der Waals surface area contributed by atoms with Crippen LogP contribution in [0.25, 0.3) is 0 Å². The molecule has 5 heteroatoms. The molecule has 3 nitrogen and oxygen atoms in total. The summed E-state index contributed by atoms with van der Waals surface area (Å²) in [5.41, 5.74) is 1.12. The molecule has 0 aliphatic heterocycles. The first-order valence-corrected chi connectivity index (χ1v) is 7.71. The van der Waals surface area contributed by atoms with Gasteiger partial charge in [-0.05, 0) is 53.4 Å². The Morgan fingerprint density at radius 1 is 1.21 bits per heavy atom. The molecule has 1 aromatic rings. The van der Waals surface area contributed by atoms with Gasteiger partial charge in [0.1, 0.15) is 0 Å². The van der Waals surface area contributed by atoms with E-state index in [4.69, 9.17) is 21.1 Å². The van der Waals surface area contributed by atoms with Crippen molar-refractivity contribution in [3.63, 3.8) is 0 Å². The molecule has 0 aliphatic rings. The number of ether oxygens (including phenoxy) is 2. The zero-order valence-corrected chi connectivity index (χ0v) is 13.9. The van der Waals surface area contributed by atoms with E-state index in [2.05, 4.69) is 21.2 Å². The second kappa shape index (κ2) is 9.59. The molecule has 19 heavy (non-hydrogen) atoms. The van der Waals surface area contributed by atoms with Crippen LogP contribution in [0.5, 0.6) is 5.75 Å². The lowest BCUT2D eigenvalue weighted by molar-refractivity contribution is -0.656. The maximum absolute atomic E-state index is 6.16. The molecule has 0 saturated heterocycles. The highest BCUT2D eigenvalue weighted by Gasteiger charge is 2.07. The van der Waals surface area contributed by atoms with Gasteiger partial charge in [0.25, 0.3) is 0 Å². The van der Waals surface area contributed by atoms with Gasteiger partial charge >= 0.3 is 0 Å². The molecule has 1 rings (SSSR count). The molecule has 2 N–H and O–H groups in total. The summed E-state index contributed by atoms with van der Waals surface area (Å²) < 4.78 is 11.6. The van der Waals surface area contributed by atoms with E-state index in [1.807, 2.05) is 19.1 Å². The Bertz CT molecular complexity index is 365. The van der Waals surface area contributed by atoms with Crippen LogP contribution in [-0.4, -0.2) is 33.4 Å². The monoisotopic (exact) mass is 350 g/mol. The molecular weight excluding hydrogens is 330 g/mol. The van der Waals surface area contributed by atoms with Crippen molar-refractivity contribution in [3.8, 4) is 5.75 Å². The van der Waals surface area contributed by atoms with Crippen molar-refractivity contribution in [2.75, 3.05) is 33.4 Å². The number of aryl methyl sites for hydroxylation is 1. The molecule has 0 saturated carbocycles. The number of rotatable bonds is 9. The highest BCUT2D eigenvalue weighted by atomic mass is 79.9. The number of hydrogen-bond acceptors (Lipinski definition) is 2. The van der Waals surface area contributed by atoms with Crippen molar-refractivity contribution < 1.29 is 14.8 Å². The van der Waals surface area contributed by atoms with E-state index in [1.165, 1.54) is 0 Å². The molecule has 0 radical (unpaired) electrons. The Hall–Kier alpha value is -0.290. The lowest BCUT2D eigenvalue weighted by atomic mass is 10.2. The smallest absolute Gasteiger partial charge is 0.152 e. The van der Waals surface area contributed by atoms with Crippen molar-refractivity contribution in [2.24, 2.45) is 0 Å². The number of quaternary nitrogens is 1. The quantitative estimate of drug-likeness (QED) is 0.694. The van der Waals surface area contributed by atoms with Crippen LogP contribution in [0.4, 0.5) is 0 Å². The van der Waals surface area contributed by atoms with Crippen LogP contribution in [0.3, 0.4) is 0 Å². The second-order valence-electron chi connectivity index (χ2n) is 4.47. The summed E-state index contributed by atoms with van der Waals surface area (Å²) in [7, 11) is 1.73. The standard InChI is InChI=1S/C14H21BrClNO2/c1-11-9-12(15)14(13(16)10-11)19-7-4-3-5-17-6-8-18-2/h9-10,17H,3-8H2,1-2H3/p+1. The van der Waals surface area contributed by atoms with Gasteiger partial charge in [0.05, 0.1) is 35.8 Å². The van der Waals surface area contributed by atoms with Gasteiger partial charge in [-0.15, -0.1) is 0 Å². The highest BCUT2D eigenvalue weighted by Crippen LogP contribution is 2.34. The van der Waals surface area contributed by atoms with Crippen molar-refractivity contribution >= 4 is 27.5 Å². The third-order valence-electron chi connectivity index (χ3n) is 2.72. The van der Waals surface area contributed by atoms with Gasteiger partial charge in [0.15, 0.2) is 5.75 Å². The summed E-state index contributed by atoms with van der Waals surface area (Å²) in [6.07, 6.45) is 2.16. The number of methoxy groups -OCH3 is 1. The first-order valence-electron chi connectivity index (χ1n) is 6.54. The van der Waals surface area contributed by atoms with Gasteiger partial charge < -0.3 is 14.8 Å². The van der Waals surface area contributed by atoms with E-state index < -0.39 is 0 Å². The summed E-state index contributed by atoms with van der Waals surface area (Å²) in [5, 5.41) is 2.93. The summed E-state index contributed by atoms with van der Waals surface area (Å²) in [6, 6.07) is 3.93. The number of halogens is 2. The van der Waals surface area contributed by atoms with Gasteiger partial charge in [-0.25, -0.2) is 0 Å². The third-order valence-corrected chi connectivity index (χ3v) is 3.59. The van der Waals surface area contributed by atoms with E-state index in [1.54, 1.807) is 7.11 Å². The summed E-state index contributed by atoms with van der Waals surface area (Å²) in [5.74, 6) is 0.746. The molecule has 0 heterocycles. The molecule has 0 aliphatic carbocycles. The number of hydrogen-bond donors (Lipinski definition) is 1. The topological polar surface area (TPSA) is 35.1 Å². The van der Waals surface area contributed by atoms with E-state index in [0.717, 1.165) is 48.3 Å². The molecule has 1 aromatic carbocycles. The van der Waals surface area contributed by atoms with E-state index in [-0.39, 0.29) is 0 Å². The average Bonchev–Trinajstić information content (AvgIpc) is 2.35. The normalized spacial score (nSPS) is 10.7. The summed E-state index contributed by atoms with van der Waals surface area (Å²) >= 11 is 9.64. The van der Waals surface area contributed by atoms with Crippen molar-refractivity contribution in [2.45, 2.75) is 19.8 Å². The zero-order chi connectivity index (χ0) is 14.1. The lowest BCUT2D eigenvalue weighted by Crippen LogP contribution is -2.85. The first kappa shape index (κ1) is 16.8. The van der Waals surface area contributed by atoms with Gasteiger partial charge in [-0.1, -0.05) is 11.6 Å². The van der Waals surface area contributed by atoms with E-state index in [9.17, 15) is 0 Å². The van der Waals surface area contributed by atoms with Crippen LogP contribution < -0.4 is 10.1 Å². The van der Waals surface area contributed by atoms with Gasteiger partial charge in [0, 0.05) is 7.11 Å². The van der Waals surface area contributed by atoms with Crippen LogP contribution in [0, 0.1) is 6.92 Å². The SMILES string of the molecule is COCC[NH2+]CCCCOc1c(Cl)cc(C)cc1Br. The zero-order valence-electron chi connectivity index (χ0n) is 11.5. The largest absolute Gasteiger partial charge is 0.491 e. The molecule has 0 spiro atoms. The van der Waals surface area contributed by atoms with Crippen LogP contribution >= 0.6 is 27.5 Å². The van der Waals surface area contributed by atoms with Gasteiger partial charge in [-0.3, -0.25) is 0 Å². The summed E-state index contributed by atoms with van der Waals surface area (Å²) in [6.45, 7) is 5.64. The molecule has 0 bridgehead atoms. The number of nitrogens with two attached hydrogens (primary N) is 1. The molecule has 0 unspecified atom stereocenters. The van der Waals surface area contributed by atoms with Crippen molar-refractivity contribution in [3.05, 3.63) is 27.2 Å². The summed E-state index contributed by atoms with van der Waals surface area (Å²) in [4.78, 5) is 0. The fraction of sp³-hybridized carbons (Fsp3) is 0.571. The van der Waals surface area contributed by atoms with Crippen molar-refractivity contribution in [1.82, 2.24) is 0 Å². The number of benzene rings is 1. The Balaban J connectivity index is 2.19. The van der Waals surface area contributed by atoms with Gasteiger partial charge in [-0.2, -0.15) is 0 Å². The lowest BCUT2D eigenvalue weighted by Gasteiger charge is -2.10. The van der Waals surface area contributed by atoms with Crippen LogP contribution in [0.15, 0.2) is 16.6 Å². The molecule has 0 amide bonds. The maximum Gasteiger partial charge on any atom is 0.152 e. The second-order valence-corrected chi connectivity index (χ2v) is 5.73. The minimum Gasteiger partial charge on any atom is -0.491 e. The minimum absolute atomic E-state index is 0.665. The van der Waals surface area contributed by atoms with Crippen molar-refractivity contribution in [1.29, 1.82) is 0 Å². The highest BCUT2D eigenvalue weighted by molar-refractivity contribution is 9.10. The Morgan fingerprint density at radius 3 is 2.68 bits per heavy atom. The van der Waals surface area contributed by atoms with E-state index >= 15 is 0 Å². The average molecular weight is 352 g/mol. The Kier molecular flexibility index (Phi) is 8.46. The van der Waals surface area contributed by atoms with Crippen LogP contribution in [0.1, 0.15) is 18.4 Å². The van der Waals surface area contributed by atoms with Crippen LogP contribution in [0.2, 0.25) is 5.02 Å². The fourth-order valence-corrected chi connectivity index (χ4v) is 2.87. The minimum atomic E-state index is 0.665. The maximum atomic E-state index is 6.16. The fourth-order valence-electron chi connectivity index (χ4n) is 1.73. The first-order chi connectivity index (χ1) is 9.15. The van der Waals surface area contributed by atoms with Gasteiger partial charge in [0.2, 0.25) is 0 Å². The Morgan fingerprint density at radius 2 is 2.00 bits per heavy atom.